The van der Waals surface area contributed by atoms with Gasteiger partial charge in [-0.25, -0.2) is 22.8 Å². The Morgan fingerprint density at radius 1 is 1.12 bits per heavy atom. The highest BCUT2D eigenvalue weighted by atomic mass is 32.2. The second-order valence-electron chi connectivity index (χ2n) is 11.6. The number of halogens is 2. The Bertz CT molecular complexity index is 1590. The maximum absolute atomic E-state index is 14.0. The van der Waals surface area contributed by atoms with E-state index in [1.807, 2.05) is 34.7 Å². The summed E-state index contributed by atoms with van der Waals surface area (Å²) in [5, 5.41) is 6.26. The van der Waals surface area contributed by atoms with Gasteiger partial charge in [0.1, 0.15) is 0 Å². The summed E-state index contributed by atoms with van der Waals surface area (Å²) in [4.78, 5) is 15.7. The Morgan fingerprint density at radius 2 is 2.00 bits per heavy atom. The lowest BCUT2D eigenvalue weighted by molar-refractivity contribution is 0.0564. The van der Waals surface area contributed by atoms with Crippen molar-refractivity contribution in [3.05, 3.63) is 70.3 Å². The number of hydrogen-bond acceptors (Lipinski definition) is 8. The van der Waals surface area contributed by atoms with E-state index in [2.05, 4.69) is 26.7 Å². The Morgan fingerprint density at radius 3 is 2.71 bits per heavy atom. The van der Waals surface area contributed by atoms with Crippen molar-refractivity contribution in [1.82, 2.24) is 29.4 Å². The number of sulfonamides is 1. The number of nitrogens with zero attached hydrogens (tertiary/aromatic N) is 6. The normalized spacial score (nSPS) is 29.8. The molecule has 4 aliphatic rings. The minimum atomic E-state index is -3.64. The zero-order valence-electron chi connectivity index (χ0n) is 22.5. The van der Waals surface area contributed by atoms with Gasteiger partial charge in [0, 0.05) is 65.9 Å². The summed E-state index contributed by atoms with van der Waals surface area (Å²) in [6.45, 7) is 0.0906. The van der Waals surface area contributed by atoms with Gasteiger partial charge in [0.15, 0.2) is 10.8 Å². The van der Waals surface area contributed by atoms with Crippen molar-refractivity contribution in [1.29, 1.82) is 0 Å². The predicted molar refractivity (Wildman–Crippen MR) is 152 cm³/mol. The first kappa shape index (κ1) is 26.8. The molecule has 41 heavy (non-hydrogen) atoms. The Kier molecular flexibility index (Phi) is 6.78. The van der Waals surface area contributed by atoms with E-state index in [0.29, 0.717) is 35.1 Å². The molecule has 6 atom stereocenters. The summed E-state index contributed by atoms with van der Waals surface area (Å²) in [5.74, 6) is 1.44. The predicted octanol–water partition coefficient (Wildman–Crippen LogP) is 4.51. The van der Waals surface area contributed by atoms with Gasteiger partial charge in [-0.2, -0.15) is 13.9 Å². The van der Waals surface area contributed by atoms with Crippen LogP contribution in [-0.4, -0.2) is 63.3 Å². The number of aliphatic imine (C=N–C) groups is 1. The van der Waals surface area contributed by atoms with Crippen molar-refractivity contribution in [2.75, 3.05) is 13.1 Å². The lowest BCUT2D eigenvalue weighted by Gasteiger charge is -2.36. The number of aromatic nitrogens is 4. The van der Waals surface area contributed by atoms with E-state index in [0.717, 1.165) is 41.2 Å². The van der Waals surface area contributed by atoms with Crippen molar-refractivity contribution in [3.63, 3.8) is 0 Å². The van der Waals surface area contributed by atoms with Crippen LogP contribution in [0.3, 0.4) is 0 Å². The average Bonchev–Trinajstić information content (AvgIpc) is 3.75. The zero-order chi connectivity index (χ0) is 28.3. The summed E-state index contributed by atoms with van der Waals surface area (Å²) in [6, 6.07) is 7.14. The largest absolute Gasteiger partial charge is 0.333 e. The number of thiazole rings is 1. The second kappa shape index (κ2) is 10.4. The summed E-state index contributed by atoms with van der Waals surface area (Å²) >= 11 is 1.46. The number of rotatable bonds is 7. The highest BCUT2D eigenvalue weighted by Gasteiger charge is 2.53. The standard InChI is InChI=1S/C28H31F2N7O2S2/c1-16-10-18-11-17(22-4-2-3-6-31-22)12-20(16)25(18)41(38,39)35-19-13-24-21(23-5-8-37(34-23)28(29)30)14-33-26(36(24)15-19)27-32-7-9-40-27/h2-9,16-20,25,28,35H,10-15H2,1H3/t16-,17-,18?,19-,20+,25?/m0/s1. The number of nitrogens with one attached hydrogen (secondary N) is 1. The highest BCUT2D eigenvalue weighted by molar-refractivity contribution is 7.90. The van der Waals surface area contributed by atoms with Crippen LogP contribution in [0.4, 0.5) is 8.78 Å². The fraction of sp³-hybridized carbons (Fsp3) is 0.500. The van der Waals surface area contributed by atoms with Gasteiger partial charge in [0.25, 0.3) is 0 Å². The molecular weight excluding hydrogens is 568 g/mol. The highest BCUT2D eigenvalue weighted by Crippen LogP contribution is 2.53. The molecule has 0 amide bonds. The molecule has 2 bridgehead atoms. The minimum Gasteiger partial charge on any atom is -0.326 e. The molecule has 5 heterocycles. The number of amidine groups is 1. The van der Waals surface area contributed by atoms with E-state index in [1.165, 1.54) is 17.5 Å². The molecule has 1 saturated heterocycles. The Labute approximate surface area is 241 Å². The van der Waals surface area contributed by atoms with Crippen molar-refractivity contribution in [3.8, 4) is 0 Å². The smallest absolute Gasteiger partial charge is 0.326 e. The van der Waals surface area contributed by atoms with Crippen LogP contribution in [0.2, 0.25) is 0 Å². The van der Waals surface area contributed by atoms with Crippen LogP contribution in [0.5, 0.6) is 0 Å². The molecule has 3 aromatic heterocycles. The van der Waals surface area contributed by atoms with Crippen LogP contribution in [-0.2, 0) is 10.0 Å². The number of alkyl halides is 2. The number of fused-ring (bicyclic) bond motifs is 3. The van der Waals surface area contributed by atoms with Crippen molar-refractivity contribution in [2.24, 2.45) is 22.7 Å². The molecule has 0 spiro atoms. The SMILES string of the molecule is C[C@H]1CC2C[C@H](c3ccccn3)C[C@H]1C2S(=O)(=O)N[C@H]1CC2=C(c3ccn(C(F)F)n3)CN=C(c3nccs3)N2C1. The van der Waals surface area contributed by atoms with Gasteiger partial charge in [0.2, 0.25) is 10.0 Å². The molecule has 216 valence electrons. The molecule has 3 aromatic rings. The molecule has 0 aromatic carbocycles. The summed E-state index contributed by atoms with van der Waals surface area (Å²) in [6.07, 6.45) is 7.74. The summed E-state index contributed by atoms with van der Waals surface area (Å²) in [7, 11) is -3.64. The molecule has 2 saturated carbocycles. The van der Waals surface area contributed by atoms with Crippen LogP contribution in [0, 0.1) is 17.8 Å². The number of pyridine rings is 1. The Balaban J connectivity index is 1.15. The maximum atomic E-state index is 14.0. The van der Waals surface area contributed by atoms with E-state index >= 15 is 0 Å². The first-order chi connectivity index (χ1) is 19.8. The van der Waals surface area contributed by atoms with Crippen LogP contribution < -0.4 is 4.72 Å². The van der Waals surface area contributed by atoms with Crippen molar-refractivity contribution in [2.45, 2.75) is 56.4 Å². The van der Waals surface area contributed by atoms with Crippen LogP contribution in [0.1, 0.15) is 61.5 Å². The van der Waals surface area contributed by atoms with Crippen molar-refractivity contribution >= 4 is 32.8 Å². The topological polar surface area (TPSA) is 105 Å². The molecule has 13 heteroatoms. The van der Waals surface area contributed by atoms with E-state index in [4.69, 9.17) is 4.99 Å². The molecule has 2 aliphatic heterocycles. The van der Waals surface area contributed by atoms with Gasteiger partial charge in [0.05, 0.1) is 17.5 Å². The van der Waals surface area contributed by atoms with Crippen LogP contribution >= 0.6 is 11.3 Å². The van der Waals surface area contributed by atoms with Gasteiger partial charge in [-0.3, -0.25) is 9.98 Å². The first-order valence-electron chi connectivity index (χ1n) is 14.0. The Hall–Kier alpha value is -3.03. The lowest BCUT2D eigenvalue weighted by atomic mass is 9.78. The van der Waals surface area contributed by atoms with Gasteiger partial charge in [-0.1, -0.05) is 13.0 Å². The van der Waals surface area contributed by atoms with Crippen molar-refractivity contribution < 1.29 is 17.2 Å². The molecule has 9 nitrogen and oxygen atoms in total. The molecular formula is C28H31F2N7O2S2. The second-order valence-corrected chi connectivity index (χ2v) is 14.3. The zero-order valence-corrected chi connectivity index (χ0v) is 24.1. The average molecular weight is 600 g/mol. The molecule has 7 rings (SSSR count). The van der Waals surface area contributed by atoms with Gasteiger partial charge >= 0.3 is 6.55 Å². The van der Waals surface area contributed by atoms with Crippen LogP contribution in [0.15, 0.2) is 58.9 Å². The third-order valence-corrected chi connectivity index (χ3v) is 12.0. The van der Waals surface area contributed by atoms with E-state index < -0.39 is 21.8 Å². The maximum Gasteiger partial charge on any atom is 0.333 e. The van der Waals surface area contributed by atoms with Crippen LogP contribution in [0.25, 0.3) is 5.57 Å². The van der Waals surface area contributed by atoms with E-state index in [9.17, 15) is 17.2 Å². The summed E-state index contributed by atoms with van der Waals surface area (Å²) < 4.78 is 58.3. The molecule has 0 radical (unpaired) electrons. The minimum absolute atomic E-state index is 0.0720. The van der Waals surface area contributed by atoms with E-state index in [-0.39, 0.29) is 30.3 Å². The molecule has 2 aliphatic carbocycles. The van der Waals surface area contributed by atoms with Gasteiger partial charge < -0.3 is 4.90 Å². The summed E-state index contributed by atoms with van der Waals surface area (Å²) in [5.41, 5.74) is 3.06. The quantitative estimate of drug-likeness (QED) is 0.429. The van der Waals surface area contributed by atoms with Gasteiger partial charge in [-0.05, 0) is 55.2 Å². The molecule has 2 unspecified atom stereocenters. The fourth-order valence-electron chi connectivity index (χ4n) is 7.50. The number of hydrogen-bond donors (Lipinski definition) is 1. The monoisotopic (exact) mass is 599 g/mol. The lowest BCUT2D eigenvalue weighted by Crippen LogP contribution is -2.48. The third kappa shape index (κ3) is 4.81. The molecule has 1 N–H and O–H groups in total. The fourth-order valence-corrected chi connectivity index (χ4v) is 10.5. The first-order valence-corrected chi connectivity index (χ1v) is 16.4. The van der Waals surface area contributed by atoms with Gasteiger partial charge in [-0.15, -0.1) is 11.3 Å². The third-order valence-electron chi connectivity index (χ3n) is 9.13. The van der Waals surface area contributed by atoms with E-state index in [1.54, 1.807) is 12.3 Å². The molecule has 3 fully saturated rings.